The molecule has 1 atom stereocenters. The van der Waals surface area contributed by atoms with Gasteiger partial charge >= 0.3 is 5.69 Å². The van der Waals surface area contributed by atoms with E-state index < -0.39 is 15.7 Å². The van der Waals surface area contributed by atoms with Gasteiger partial charge in [-0.15, -0.1) is 0 Å². The van der Waals surface area contributed by atoms with E-state index in [-0.39, 0.29) is 23.4 Å². The zero-order valence-corrected chi connectivity index (χ0v) is 18.0. The summed E-state index contributed by atoms with van der Waals surface area (Å²) in [5, 5.41) is 0.516. The van der Waals surface area contributed by atoms with E-state index in [9.17, 15) is 18.0 Å². The number of piperidine rings is 1. The van der Waals surface area contributed by atoms with Crippen molar-refractivity contribution >= 4 is 26.8 Å². The molecule has 0 aliphatic carbocycles. The second-order valence-corrected chi connectivity index (χ2v) is 9.26. The van der Waals surface area contributed by atoms with Gasteiger partial charge in [0, 0.05) is 37.3 Å². The Morgan fingerprint density at radius 2 is 1.97 bits per heavy atom. The third-order valence-electron chi connectivity index (χ3n) is 5.59. The molecule has 9 heteroatoms. The Balaban J connectivity index is 2.00. The second-order valence-electron chi connectivity index (χ2n) is 7.37. The fraction of sp³-hybridized carbons (Fsp3) is 0.550. The maximum absolute atomic E-state index is 13.1. The van der Waals surface area contributed by atoms with Gasteiger partial charge in [-0.25, -0.2) is 18.2 Å². The zero-order chi connectivity index (χ0) is 21.2. The first kappa shape index (κ1) is 21.4. The van der Waals surface area contributed by atoms with Gasteiger partial charge in [0.1, 0.15) is 6.54 Å². The highest BCUT2D eigenvalue weighted by Gasteiger charge is 2.31. The van der Waals surface area contributed by atoms with Crippen molar-refractivity contribution < 1.29 is 13.2 Å². The van der Waals surface area contributed by atoms with Crippen LogP contribution >= 0.6 is 0 Å². The molecule has 2 heterocycles. The molecule has 0 unspecified atom stereocenters. The van der Waals surface area contributed by atoms with E-state index in [1.165, 1.54) is 22.9 Å². The number of fused-ring (bicyclic) bond motifs is 1. The normalized spacial score (nSPS) is 18.1. The molecule has 2 aromatic rings. The minimum absolute atomic E-state index is 0.0387. The molecule has 0 bridgehead atoms. The summed E-state index contributed by atoms with van der Waals surface area (Å²) < 4.78 is 29.1. The Kier molecular flexibility index (Phi) is 6.38. The molecular weight excluding hydrogens is 392 g/mol. The molecule has 0 saturated carbocycles. The molecule has 1 aromatic carbocycles. The Bertz CT molecular complexity index is 1060. The molecule has 0 spiro atoms. The standard InChI is InChI=1S/C20H28N4O4S/c1-4-22(5-2)19(25)14-23-18-10-9-17(12-16(18)13-21-20(23)26)29(27,28)24-11-7-6-8-15(24)3/h9-10,12-13,15H,4-8,11,14H2,1-3H3/t15-/m1/s1. The van der Waals surface area contributed by atoms with Crippen LogP contribution < -0.4 is 5.69 Å². The Labute approximate surface area is 171 Å². The molecule has 0 radical (unpaired) electrons. The van der Waals surface area contributed by atoms with Crippen LogP contribution in [-0.2, 0) is 21.4 Å². The number of hydrogen-bond acceptors (Lipinski definition) is 5. The van der Waals surface area contributed by atoms with Gasteiger partial charge in [-0.3, -0.25) is 9.36 Å². The maximum atomic E-state index is 13.1. The van der Waals surface area contributed by atoms with Crippen LogP contribution in [0.5, 0.6) is 0 Å². The molecule has 3 rings (SSSR count). The van der Waals surface area contributed by atoms with Crippen molar-refractivity contribution in [3.63, 3.8) is 0 Å². The Morgan fingerprint density at radius 1 is 1.24 bits per heavy atom. The third-order valence-corrected chi connectivity index (χ3v) is 7.60. The molecule has 1 aliphatic heterocycles. The van der Waals surface area contributed by atoms with Crippen molar-refractivity contribution in [2.75, 3.05) is 19.6 Å². The summed E-state index contributed by atoms with van der Waals surface area (Å²) in [6.07, 6.45) is 4.10. The number of carbonyl (C=O) groups excluding carboxylic acids is 1. The summed E-state index contributed by atoms with van der Waals surface area (Å²) in [5.74, 6) is -0.176. The summed E-state index contributed by atoms with van der Waals surface area (Å²) >= 11 is 0. The van der Waals surface area contributed by atoms with Crippen molar-refractivity contribution in [3.8, 4) is 0 Å². The van der Waals surface area contributed by atoms with E-state index >= 15 is 0 Å². The first-order valence-corrected chi connectivity index (χ1v) is 11.5. The van der Waals surface area contributed by atoms with Crippen molar-refractivity contribution in [2.24, 2.45) is 0 Å². The summed E-state index contributed by atoms with van der Waals surface area (Å²) in [6, 6.07) is 4.60. The van der Waals surface area contributed by atoms with E-state index in [0.717, 1.165) is 19.3 Å². The van der Waals surface area contributed by atoms with Crippen molar-refractivity contribution in [1.82, 2.24) is 18.8 Å². The van der Waals surface area contributed by atoms with Gasteiger partial charge in [0.2, 0.25) is 15.9 Å². The SMILES string of the molecule is CCN(CC)C(=O)Cn1c(=O)ncc2cc(S(=O)(=O)N3CCCC[C@H]3C)ccc21. The predicted molar refractivity (Wildman–Crippen MR) is 111 cm³/mol. The van der Waals surface area contributed by atoms with Gasteiger partial charge < -0.3 is 4.90 Å². The van der Waals surface area contributed by atoms with Crippen LogP contribution in [0, 0.1) is 0 Å². The van der Waals surface area contributed by atoms with Crippen LogP contribution in [0.1, 0.15) is 40.0 Å². The minimum Gasteiger partial charge on any atom is -0.342 e. The van der Waals surface area contributed by atoms with E-state index in [4.69, 9.17) is 0 Å². The lowest BCUT2D eigenvalue weighted by Crippen LogP contribution is -2.41. The van der Waals surface area contributed by atoms with Crippen molar-refractivity contribution in [2.45, 2.75) is 57.5 Å². The fourth-order valence-electron chi connectivity index (χ4n) is 3.87. The van der Waals surface area contributed by atoms with E-state index in [1.807, 2.05) is 20.8 Å². The highest BCUT2D eigenvalue weighted by molar-refractivity contribution is 7.89. The zero-order valence-electron chi connectivity index (χ0n) is 17.2. The number of carbonyl (C=O) groups is 1. The predicted octanol–water partition coefficient (Wildman–Crippen LogP) is 1.83. The molecule has 1 aromatic heterocycles. The smallest absolute Gasteiger partial charge is 0.342 e. The number of aromatic nitrogens is 2. The molecular formula is C20H28N4O4S. The van der Waals surface area contributed by atoms with Crippen LogP contribution in [0.4, 0.5) is 0 Å². The number of nitrogens with zero attached hydrogens (tertiary/aromatic N) is 4. The minimum atomic E-state index is -3.63. The molecule has 1 saturated heterocycles. The van der Waals surface area contributed by atoms with E-state index in [0.29, 0.717) is 30.5 Å². The van der Waals surface area contributed by atoms with Gasteiger partial charge in [-0.05, 0) is 51.8 Å². The number of benzene rings is 1. The first-order chi connectivity index (χ1) is 13.8. The van der Waals surface area contributed by atoms with Gasteiger partial charge in [-0.2, -0.15) is 4.31 Å². The highest BCUT2D eigenvalue weighted by Crippen LogP contribution is 2.26. The number of amides is 1. The summed E-state index contributed by atoms with van der Waals surface area (Å²) in [7, 11) is -3.63. The largest absolute Gasteiger partial charge is 0.348 e. The van der Waals surface area contributed by atoms with Gasteiger partial charge in [0.05, 0.1) is 10.4 Å². The summed E-state index contributed by atoms with van der Waals surface area (Å²) in [4.78, 5) is 30.4. The van der Waals surface area contributed by atoms with Crippen LogP contribution in [0.3, 0.4) is 0 Å². The number of rotatable bonds is 6. The van der Waals surface area contributed by atoms with Crippen molar-refractivity contribution in [3.05, 3.63) is 34.9 Å². The fourth-order valence-corrected chi connectivity index (χ4v) is 5.60. The molecule has 8 nitrogen and oxygen atoms in total. The third kappa shape index (κ3) is 4.20. The van der Waals surface area contributed by atoms with Crippen LogP contribution in [-0.4, -0.2) is 58.8 Å². The average Bonchev–Trinajstić information content (AvgIpc) is 2.71. The Hall–Kier alpha value is -2.26. The topological polar surface area (TPSA) is 92.6 Å². The molecule has 1 amide bonds. The number of likely N-dealkylation sites (N-methyl/N-ethyl adjacent to an activating group) is 1. The maximum Gasteiger partial charge on any atom is 0.348 e. The summed E-state index contributed by atoms with van der Waals surface area (Å²) in [6.45, 7) is 7.18. The lowest BCUT2D eigenvalue weighted by molar-refractivity contribution is -0.131. The van der Waals surface area contributed by atoms with E-state index in [2.05, 4.69) is 4.98 Å². The van der Waals surface area contributed by atoms with Gasteiger partial charge in [0.25, 0.3) is 0 Å². The second kappa shape index (κ2) is 8.62. The van der Waals surface area contributed by atoms with Crippen LogP contribution in [0.2, 0.25) is 0 Å². The highest BCUT2D eigenvalue weighted by atomic mass is 32.2. The Morgan fingerprint density at radius 3 is 2.62 bits per heavy atom. The quantitative estimate of drug-likeness (QED) is 0.711. The molecule has 1 aliphatic rings. The first-order valence-electron chi connectivity index (χ1n) is 10.1. The van der Waals surface area contributed by atoms with Crippen LogP contribution in [0.25, 0.3) is 10.9 Å². The molecule has 158 valence electrons. The summed E-state index contributed by atoms with van der Waals surface area (Å²) in [5.41, 5.74) is -0.0329. The lowest BCUT2D eigenvalue weighted by atomic mass is 10.1. The van der Waals surface area contributed by atoms with Gasteiger partial charge in [0.15, 0.2) is 0 Å². The van der Waals surface area contributed by atoms with Crippen LogP contribution in [0.15, 0.2) is 34.1 Å². The van der Waals surface area contributed by atoms with Gasteiger partial charge in [-0.1, -0.05) is 6.42 Å². The molecule has 1 fully saturated rings. The molecule has 0 N–H and O–H groups in total. The monoisotopic (exact) mass is 420 g/mol. The lowest BCUT2D eigenvalue weighted by Gasteiger charge is -2.32. The van der Waals surface area contributed by atoms with Crippen molar-refractivity contribution in [1.29, 1.82) is 0 Å². The average molecular weight is 421 g/mol. The van der Waals surface area contributed by atoms with E-state index in [1.54, 1.807) is 15.3 Å². The number of hydrogen-bond donors (Lipinski definition) is 0. The molecule has 29 heavy (non-hydrogen) atoms. The number of sulfonamides is 1.